The lowest BCUT2D eigenvalue weighted by molar-refractivity contribution is 0.217. The summed E-state index contributed by atoms with van der Waals surface area (Å²) in [6.07, 6.45) is -0.597. The average Bonchev–Trinajstić information content (AvgIpc) is 3.19. The van der Waals surface area contributed by atoms with Crippen LogP contribution < -0.4 is 0 Å². The highest BCUT2D eigenvalue weighted by Gasteiger charge is 2.63. The molecule has 0 saturated heterocycles. The van der Waals surface area contributed by atoms with Crippen LogP contribution >= 0.6 is 0 Å². The van der Waals surface area contributed by atoms with Gasteiger partial charge in [0.25, 0.3) is 0 Å². The van der Waals surface area contributed by atoms with Gasteiger partial charge in [0.05, 0.1) is 9.79 Å². The van der Waals surface area contributed by atoms with E-state index in [-0.39, 0.29) is 21.6 Å². The number of aliphatic hydroxyl groups is 1. The maximum Gasteiger partial charge on any atom is 0.215 e. The highest BCUT2D eigenvalue weighted by Crippen LogP contribution is 2.49. The Labute approximate surface area is 201 Å². The molecule has 1 unspecified atom stereocenters. The van der Waals surface area contributed by atoms with Gasteiger partial charge in [0.1, 0.15) is 6.10 Å². The molecular weight excluding hydrogens is 468 g/mol. The first-order valence-corrected chi connectivity index (χ1v) is 14.0. The highest BCUT2D eigenvalue weighted by atomic mass is 32.3. The van der Waals surface area contributed by atoms with Gasteiger partial charge in [-0.05, 0) is 46.4 Å². The van der Waals surface area contributed by atoms with Crippen molar-refractivity contribution in [3.05, 3.63) is 102 Å². The molecule has 1 N–H and O–H groups in total. The van der Waals surface area contributed by atoms with Gasteiger partial charge in [-0.1, -0.05) is 87.5 Å². The van der Waals surface area contributed by atoms with Gasteiger partial charge in [0.15, 0.2) is 0 Å². The topological polar surface area (TPSA) is 88.5 Å². The van der Waals surface area contributed by atoms with Crippen molar-refractivity contribution < 1.29 is 21.9 Å². The molecular formula is C27H28O5S2. The molecule has 0 aromatic heterocycles. The summed E-state index contributed by atoms with van der Waals surface area (Å²) in [6, 6.07) is 22.3. The normalized spacial score (nSPS) is 18.5. The van der Waals surface area contributed by atoms with Crippen LogP contribution in [0.3, 0.4) is 0 Å². The molecule has 0 bridgehead atoms. The SMILES string of the molecule is CC(C)(C)c1ccc(C2=CCC(S(=O)(=O)c3ccccc3)(S(=O)(=O)c3ccccc3)C2O)cc1. The Bertz CT molecular complexity index is 1350. The number of allylic oxidation sites excluding steroid dienone is 1. The van der Waals surface area contributed by atoms with E-state index in [1.165, 1.54) is 54.6 Å². The van der Waals surface area contributed by atoms with Crippen molar-refractivity contribution in [3.63, 3.8) is 0 Å². The van der Waals surface area contributed by atoms with Crippen LogP contribution in [0.4, 0.5) is 0 Å². The van der Waals surface area contributed by atoms with E-state index < -0.39 is 29.9 Å². The van der Waals surface area contributed by atoms with Gasteiger partial charge in [-0.25, -0.2) is 16.8 Å². The molecule has 0 radical (unpaired) electrons. The molecule has 0 heterocycles. The van der Waals surface area contributed by atoms with E-state index in [9.17, 15) is 21.9 Å². The van der Waals surface area contributed by atoms with Crippen LogP contribution in [0.25, 0.3) is 5.57 Å². The Hall–Kier alpha value is -2.74. The van der Waals surface area contributed by atoms with Crippen molar-refractivity contribution in [2.24, 2.45) is 0 Å². The number of hydrogen-bond donors (Lipinski definition) is 1. The smallest absolute Gasteiger partial charge is 0.215 e. The standard InChI is InChI=1S/C27H28O5S2/c1-26(2,3)21-16-14-20(15-17-21)24-18-19-27(25(24)28,33(29,30)22-10-6-4-7-11-22)34(31,32)23-12-8-5-9-13-23/h4-18,25,28H,19H2,1-3H3. The first-order chi connectivity index (χ1) is 15.9. The van der Waals surface area contributed by atoms with Crippen molar-refractivity contribution in [2.45, 2.75) is 52.6 Å². The molecule has 34 heavy (non-hydrogen) atoms. The second-order valence-corrected chi connectivity index (χ2v) is 14.2. The first kappa shape index (κ1) is 24.4. The van der Waals surface area contributed by atoms with Gasteiger partial charge in [0.2, 0.25) is 23.8 Å². The monoisotopic (exact) mass is 496 g/mol. The predicted octanol–water partition coefficient (Wildman–Crippen LogP) is 4.78. The third kappa shape index (κ3) is 3.72. The fraction of sp³-hybridized carbons (Fsp3) is 0.259. The van der Waals surface area contributed by atoms with Gasteiger partial charge < -0.3 is 5.11 Å². The maximum atomic E-state index is 14.0. The fourth-order valence-corrected chi connectivity index (χ4v) is 9.42. The van der Waals surface area contributed by atoms with Gasteiger partial charge in [-0.15, -0.1) is 0 Å². The summed E-state index contributed by atoms with van der Waals surface area (Å²) in [4.78, 5) is -0.294. The van der Waals surface area contributed by atoms with Crippen LogP contribution in [0.15, 0.2) is 101 Å². The largest absolute Gasteiger partial charge is 0.386 e. The molecule has 0 aliphatic heterocycles. The summed E-state index contributed by atoms with van der Waals surface area (Å²) >= 11 is 0. The third-order valence-electron chi connectivity index (χ3n) is 6.42. The second kappa shape index (κ2) is 8.48. The molecule has 178 valence electrons. The maximum absolute atomic E-state index is 14.0. The van der Waals surface area contributed by atoms with E-state index in [1.54, 1.807) is 24.3 Å². The minimum absolute atomic E-state index is 0.0851. The number of aliphatic hydroxyl groups excluding tert-OH is 1. The van der Waals surface area contributed by atoms with Gasteiger partial charge in [-0.3, -0.25) is 0 Å². The van der Waals surface area contributed by atoms with Crippen molar-refractivity contribution in [1.29, 1.82) is 0 Å². The Morgan fingerprint density at radius 2 is 1.18 bits per heavy atom. The van der Waals surface area contributed by atoms with Gasteiger partial charge in [-0.2, -0.15) is 0 Å². The zero-order chi connectivity index (χ0) is 24.8. The highest BCUT2D eigenvalue weighted by molar-refractivity contribution is 8.10. The van der Waals surface area contributed by atoms with E-state index in [1.807, 2.05) is 12.1 Å². The summed E-state index contributed by atoms with van der Waals surface area (Å²) in [7, 11) is -9.04. The number of benzene rings is 3. The lowest BCUT2D eigenvalue weighted by atomic mass is 9.86. The van der Waals surface area contributed by atoms with Crippen molar-refractivity contribution in [3.8, 4) is 0 Å². The van der Waals surface area contributed by atoms with Crippen molar-refractivity contribution in [1.82, 2.24) is 0 Å². The molecule has 0 fully saturated rings. The Kier molecular flexibility index (Phi) is 6.09. The summed E-state index contributed by atoms with van der Waals surface area (Å²) in [6.45, 7) is 6.24. The Balaban J connectivity index is 1.89. The zero-order valence-corrected chi connectivity index (χ0v) is 21.0. The summed E-state index contributed by atoms with van der Waals surface area (Å²) in [5.41, 5.74) is 1.87. The van der Waals surface area contributed by atoms with Crippen LogP contribution in [0.2, 0.25) is 0 Å². The quantitative estimate of drug-likeness (QED) is 0.549. The molecule has 0 saturated carbocycles. The first-order valence-electron chi connectivity index (χ1n) is 11.0. The van der Waals surface area contributed by atoms with E-state index >= 15 is 0 Å². The van der Waals surface area contributed by atoms with Crippen LogP contribution in [0.1, 0.15) is 38.3 Å². The molecule has 1 aliphatic carbocycles. The Morgan fingerprint density at radius 1 is 0.735 bits per heavy atom. The van der Waals surface area contributed by atoms with Crippen molar-refractivity contribution in [2.75, 3.05) is 0 Å². The molecule has 1 aliphatic rings. The van der Waals surface area contributed by atoms with E-state index in [0.29, 0.717) is 11.1 Å². The van der Waals surface area contributed by atoms with E-state index in [0.717, 1.165) is 5.56 Å². The minimum Gasteiger partial charge on any atom is -0.386 e. The minimum atomic E-state index is -4.52. The summed E-state index contributed by atoms with van der Waals surface area (Å²) < 4.78 is 53.4. The molecule has 7 heteroatoms. The van der Waals surface area contributed by atoms with Crippen LogP contribution in [-0.4, -0.2) is 32.1 Å². The van der Waals surface area contributed by atoms with Crippen LogP contribution in [0.5, 0.6) is 0 Å². The average molecular weight is 497 g/mol. The lowest BCUT2D eigenvalue weighted by Gasteiger charge is -2.33. The third-order valence-corrected chi connectivity index (χ3v) is 12.1. The summed E-state index contributed by atoms with van der Waals surface area (Å²) in [5, 5.41) is 11.5. The predicted molar refractivity (Wildman–Crippen MR) is 134 cm³/mol. The second-order valence-electron chi connectivity index (χ2n) is 9.54. The molecule has 5 nitrogen and oxygen atoms in total. The van der Waals surface area contributed by atoms with E-state index in [2.05, 4.69) is 20.8 Å². The molecule has 1 atom stereocenters. The number of hydrogen-bond acceptors (Lipinski definition) is 5. The molecule has 0 spiro atoms. The summed E-state index contributed by atoms with van der Waals surface area (Å²) in [5.74, 6) is 0. The van der Waals surface area contributed by atoms with Crippen LogP contribution in [0, 0.1) is 0 Å². The molecule has 4 rings (SSSR count). The number of rotatable bonds is 5. The lowest BCUT2D eigenvalue weighted by Crippen LogP contribution is -2.53. The fourth-order valence-electron chi connectivity index (χ4n) is 4.41. The van der Waals surface area contributed by atoms with Crippen LogP contribution in [-0.2, 0) is 25.1 Å². The van der Waals surface area contributed by atoms with Gasteiger partial charge in [0, 0.05) is 6.42 Å². The number of sulfone groups is 2. The molecule has 3 aromatic carbocycles. The van der Waals surface area contributed by atoms with Crippen molar-refractivity contribution >= 4 is 25.2 Å². The zero-order valence-electron chi connectivity index (χ0n) is 19.3. The Morgan fingerprint density at radius 3 is 1.59 bits per heavy atom. The van der Waals surface area contributed by atoms with E-state index in [4.69, 9.17) is 0 Å². The molecule has 3 aromatic rings. The molecule has 0 amide bonds. The van der Waals surface area contributed by atoms with Gasteiger partial charge >= 0.3 is 0 Å².